The van der Waals surface area contributed by atoms with Gasteiger partial charge >= 0.3 is 0 Å². The van der Waals surface area contributed by atoms with Crippen LogP contribution in [0.4, 0.5) is 0 Å². The first-order valence-corrected chi connectivity index (χ1v) is 5.92. The van der Waals surface area contributed by atoms with E-state index in [0.717, 1.165) is 13.2 Å². The van der Waals surface area contributed by atoms with Crippen LogP contribution in [0.1, 0.15) is 46.5 Å². The second kappa shape index (κ2) is 3.49. The first kappa shape index (κ1) is 10.4. The third kappa shape index (κ3) is 2.12. The van der Waals surface area contributed by atoms with Gasteiger partial charge < -0.3 is 10.1 Å². The van der Waals surface area contributed by atoms with Gasteiger partial charge in [0.25, 0.3) is 0 Å². The fourth-order valence-electron chi connectivity index (χ4n) is 2.22. The third-order valence-corrected chi connectivity index (χ3v) is 4.17. The topological polar surface area (TPSA) is 21.3 Å². The van der Waals surface area contributed by atoms with E-state index in [1.54, 1.807) is 0 Å². The number of hydrogen-bond acceptors (Lipinski definition) is 2. The standard InChI is InChI=1S/C12H23NO/c1-10(11(2)6-7-11)13-9-12(3)5-4-8-14-12/h10,13H,4-9H2,1-3H3. The molecule has 1 saturated heterocycles. The Bertz CT molecular complexity index is 204. The summed E-state index contributed by atoms with van der Waals surface area (Å²) in [7, 11) is 0. The molecule has 0 radical (unpaired) electrons. The molecule has 1 aliphatic carbocycles. The van der Waals surface area contributed by atoms with Crippen LogP contribution in [0.5, 0.6) is 0 Å². The van der Waals surface area contributed by atoms with Crippen molar-refractivity contribution in [3.8, 4) is 0 Å². The number of rotatable bonds is 4. The van der Waals surface area contributed by atoms with Crippen LogP contribution in [-0.4, -0.2) is 24.8 Å². The molecular formula is C12H23NO. The zero-order valence-electron chi connectivity index (χ0n) is 9.73. The maximum atomic E-state index is 5.76. The number of hydrogen-bond donors (Lipinski definition) is 1. The molecular weight excluding hydrogens is 174 g/mol. The van der Waals surface area contributed by atoms with Gasteiger partial charge in [0.2, 0.25) is 0 Å². The molecule has 82 valence electrons. The molecule has 2 atom stereocenters. The second-order valence-electron chi connectivity index (χ2n) is 5.66. The Kier molecular flexibility index (Phi) is 2.61. The third-order valence-electron chi connectivity index (χ3n) is 4.17. The Morgan fingerprint density at radius 3 is 2.50 bits per heavy atom. The molecule has 14 heavy (non-hydrogen) atoms. The minimum Gasteiger partial charge on any atom is -0.374 e. The minimum atomic E-state index is 0.111. The molecule has 0 bridgehead atoms. The SMILES string of the molecule is CC(NCC1(C)CCCO1)C1(C)CC1. The van der Waals surface area contributed by atoms with Crippen molar-refractivity contribution in [2.75, 3.05) is 13.2 Å². The molecule has 2 nitrogen and oxygen atoms in total. The van der Waals surface area contributed by atoms with Crippen molar-refractivity contribution in [3.63, 3.8) is 0 Å². The average Bonchev–Trinajstić information content (AvgIpc) is 2.75. The van der Waals surface area contributed by atoms with Crippen LogP contribution in [0.25, 0.3) is 0 Å². The molecule has 1 aliphatic heterocycles. The van der Waals surface area contributed by atoms with Crippen molar-refractivity contribution in [1.29, 1.82) is 0 Å². The molecule has 2 rings (SSSR count). The summed E-state index contributed by atoms with van der Waals surface area (Å²) in [5, 5.41) is 3.64. The van der Waals surface area contributed by atoms with Crippen molar-refractivity contribution in [2.24, 2.45) is 5.41 Å². The fourth-order valence-corrected chi connectivity index (χ4v) is 2.22. The molecule has 1 N–H and O–H groups in total. The molecule has 1 heterocycles. The highest BCUT2D eigenvalue weighted by Crippen LogP contribution is 2.48. The van der Waals surface area contributed by atoms with E-state index in [9.17, 15) is 0 Å². The summed E-state index contributed by atoms with van der Waals surface area (Å²) >= 11 is 0. The molecule has 1 saturated carbocycles. The summed E-state index contributed by atoms with van der Waals surface area (Å²) in [5.41, 5.74) is 0.689. The van der Waals surface area contributed by atoms with E-state index in [0.29, 0.717) is 11.5 Å². The quantitative estimate of drug-likeness (QED) is 0.747. The lowest BCUT2D eigenvalue weighted by Crippen LogP contribution is -2.43. The molecule has 2 heteroatoms. The first-order chi connectivity index (χ1) is 6.54. The second-order valence-corrected chi connectivity index (χ2v) is 5.66. The van der Waals surface area contributed by atoms with Crippen LogP contribution in [-0.2, 0) is 4.74 Å². The monoisotopic (exact) mass is 197 g/mol. The predicted molar refractivity (Wildman–Crippen MR) is 58.4 cm³/mol. The summed E-state index contributed by atoms with van der Waals surface area (Å²) in [6.07, 6.45) is 5.21. The average molecular weight is 197 g/mol. The van der Waals surface area contributed by atoms with E-state index in [-0.39, 0.29) is 5.60 Å². The van der Waals surface area contributed by atoms with E-state index < -0.39 is 0 Å². The molecule has 0 aromatic heterocycles. The highest BCUT2D eigenvalue weighted by molar-refractivity contribution is 4.97. The van der Waals surface area contributed by atoms with Crippen molar-refractivity contribution >= 4 is 0 Å². The normalized spacial score (nSPS) is 37.1. The van der Waals surface area contributed by atoms with E-state index in [4.69, 9.17) is 4.74 Å². The predicted octanol–water partition coefficient (Wildman–Crippen LogP) is 2.33. The van der Waals surface area contributed by atoms with E-state index in [1.165, 1.54) is 25.7 Å². The van der Waals surface area contributed by atoms with Crippen LogP contribution < -0.4 is 5.32 Å². The van der Waals surface area contributed by atoms with Gasteiger partial charge in [-0.1, -0.05) is 6.92 Å². The van der Waals surface area contributed by atoms with Crippen molar-refractivity contribution in [1.82, 2.24) is 5.32 Å². The van der Waals surface area contributed by atoms with Gasteiger partial charge in [-0.25, -0.2) is 0 Å². The maximum Gasteiger partial charge on any atom is 0.0779 e. The Balaban J connectivity index is 1.76. The summed E-state index contributed by atoms with van der Waals surface area (Å²) in [6.45, 7) is 8.89. The first-order valence-electron chi connectivity index (χ1n) is 5.92. The minimum absolute atomic E-state index is 0.111. The molecule has 0 aromatic rings. The van der Waals surface area contributed by atoms with Gasteiger partial charge in [0.05, 0.1) is 5.60 Å². The van der Waals surface area contributed by atoms with Crippen LogP contribution in [0.15, 0.2) is 0 Å². The van der Waals surface area contributed by atoms with Crippen LogP contribution >= 0.6 is 0 Å². The molecule has 0 aromatic carbocycles. The summed E-state index contributed by atoms with van der Waals surface area (Å²) in [5.74, 6) is 0. The zero-order chi connectivity index (χ0) is 10.2. The van der Waals surface area contributed by atoms with Gasteiger partial charge in [-0.05, 0) is 44.9 Å². The molecule has 2 aliphatic rings. The van der Waals surface area contributed by atoms with Crippen LogP contribution in [0.2, 0.25) is 0 Å². The van der Waals surface area contributed by atoms with Crippen LogP contribution in [0.3, 0.4) is 0 Å². The maximum absolute atomic E-state index is 5.76. The van der Waals surface area contributed by atoms with E-state index in [1.807, 2.05) is 0 Å². The van der Waals surface area contributed by atoms with Gasteiger partial charge in [-0.2, -0.15) is 0 Å². The van der Waals surface area contributed by atoms with Gasteiger partial charge in [-0.15, -0.1) is 0 Å². The lowest BCUT2D eigenvalue weighted by atomic mass is 9.98. The Hall–Kier alpha value is -0.0800. The van der Waals surface area contributed by atoms with Crippen molar-refractivity contribution in [3.05, 3.63) is 0 Å². The highest BCUT2D eigenvalue weighted by atomic mass is 16.5. The molecule has 2 unspecified atom stereocenters. The molecule has 2 fully saturated rings. The highest BCUT2D eigenvalue weighted by Gasteiger charge is 2.43. The van der Waals surface area contributed by atoms with Gasteiger partial charge in [-0.3, -0.25) is 0 Å². The lowest BCUT2D eigenvalue weighted by molar-refractivity contribution is 0.0175. The van der Waals surface area contributed by atoms with Crippen molar-refractivity contribution < 1.29 is 4.74 Å². The summed E-state index contributed by atoms with van der Waals surface area (Å²) in [4.78, 5) is 0. The molecule has 0 amide bonds. The number of nitrogens with one attached hydrogen (secondary N) is 1. The largest absolute Gasteiger partial charge is 0.374 e. The fraction of sp³-hybridized carbons (Fsp3) is 1.00. The van der Waals surface area contributed by atoms with Gasteiger partial charge in [0.15, 0.2) is 0 Å². The van der Waals surface area contributed by atoms with Crippen LogP contribution in [0, 0.1) is 5.41 Å². The van der Waals surface area contributed by atoms with Crippen molar-refractivity contribution in [2.45, 2.75) is 58.1 Å². The summed E-state index contributed by atoms with van der Waals surface area (Å²) in [6, 6.07) is 0.642. The summed E-state index contributed by atoms with van der Waals surface area (Å²) < 4.78 is 5.76. The van der Waals surface area contributed by atoms with E-state index in [2.05, 4.69) is 26.1 Å². The van der Waals surface area contributed by atoms with E-state index >= 15 is 0 Å². The Morgan fingerprint density at radius 1 is 1.29 bits per heavy atom. The van der Waals surface area contributed by atoms with Gasteiger partial charge in [0.1, 0.15) is 0 Å². The Labute approximate surface area is 87.4 Å². The zero-order valence-corrected chi connectivity index (χ0v) is 9.73. The smallest absolute Gasteiger partial charge is 0.0779 e. The molecule has 0 spiro atoms. The van der Waals surface area contributed by atoms with Gasteiger partial charge in [0, 0.05) is 19.2 Å². The number of ether oxygens (including phenoxy) is 1. The Morgan fingerprint density at radius 2 is 2.00 bits per heavy atom. The lowest BCUT2D eigenvalue weighted by Gasteiger charge is -2.28.